The predicted molar refractivity (Wildman–Crippen MR) is 90.4 cm³/mol. The number of esters is 1. The molecule has 28 heavy (non-hydrogen) atoms. The van der Waals surface area contributed by atoms with Gasteiger partial charge in [-0.25, -0.2) is 26.7 Å². The van der Waals surface area contributed by atoms with Gasteiger partial charge in [0.05, 0.1) is 17.9 Å². The summed E-state index contributed by atoms with van der Waals surface area (Å²) in [5, 5.41) is 18.5. The number of nitrogens with one attached hydrogen (secondary N) is 1. The minimum Gasteiger partial charge on any atom is -0.506 e. The van der Waals surface area contributed by atoms with Gasteiger partial charge < -0.3 is 9.84 Å². The molecule has 0 spiro atoms. The van der Waals surface area contributed by atoms with Gasteiger partial charge in [-0.3, -0.25) is 5.41 Å². The summed E-state index contributed by atoms with van der Waals surface area (Å²) in [6.45, 7) is 2.13. The summed E-state index contributed by atoms with van der Waals surface area (Å²) in [6, 6.07) is 2.22. The van der Waals surface area contributed by atoms with Gasteiger partial charge in [0.1, 0.15) is 28.8 Å². The summed E-state index contributed by atoms with van der Waals surface area (Å²) >= 11 is 0. The fourth-order valence-electron chi connectivity index (χ4n) is 2.48. The van der Waals surface area contributed by atoms with E-state index in [1.807, 2.05) is 0 Å². The average Bonchev–Trinajstić information content (AvgIpc) is 2.60. The van der Waals surface area contributed by atoms with E-state index in [-0.39, 0.29) is 12.7 Å². The maximum atomic E-state index is 14.2. The quantitative estimate of drug-likeness (QED) is 0.193. The third-order valence-corrected chi connectivity index (χ3v) is 3.81. The fourth-order valence-corrected chi connectivity index (χ4v) is 2.48. The Hall–Kier alpha value is -3.23. The lowest BCUT2D eigenvalue weighted by Gasteiger charge is -2.15. The first-order valence-corrected chi connectivity index (χ1v) is 7.89. The van der Waals surface area contributed by atoms with Gasteiger partial charge in [-0.15, -0.1) is 0 Å². The number of hydrogen-bond acceptors (Lipinski definition) is 4. The van der Waals surface area contributed by atoms with Crippen LogP contribution in [0, 0.1) is 41.4 Å². The third kappa shape index (κ3) is 3.88. The van der Waals surface area contributed by atoms with Gasteiger partial charge >= 0.3 is 5.97 Å². The van der Waals surface area contributed by atoms with Crippen LogP contribution in [0.4, 0.5) is 22.0 Å². The van der Waals surface area contributed by atoms with E-state index in [4.69, 9.17) is 10.1 Å². The molecule has 2 aromatic carbocycles. The third-order valence-electron chi connectivity index (χ3n) is 3.81. The number of hydrogen-bond donors (Lipinski definition) is 2. The molecule has 0 aromatic heterocycles. The first-order valence-electron chi connectivity index (χ1n) is 7.89. The molecule has 0 aliphatic rings. The highest BCUT2D eigenvalue weighted by molar-refractivity contribution is 6.29. The zero-order chi connectivity index (χ0) is 21.2. The summed E-state index contributed by atoms with van der Waals surface area (Å²) < 4.78 is 73.2. The molecule has 0 aliphatic heterocycles. The first-order chi connectivity index (χ1) is 13.1. The van der Waals surface area contributed by atoms with E-state index in [2.05, 4.69) is 0 Å². The van der Waals surface area contributed by atoms with E-state index in [9.17, 15) is 31.9 Å². The van der Waals surface area contributed by atoms with Crippen LogP contribution in [0.5, 0.6) is 0 Å². The summed E-state index contributed by atoms with van der Waals surface area (Å²) in [5.74, 6) is -9.19. The van der Waals surface area contributed by atoms with Crippen LogP contribution < -0.4 is 0 Å². The highest BCUT2D eigenvalue weighted by Crippen LogP contribution is 2.29. The lowest BCUT2D eigenvalue weighted by atomic mass is 9.95. The Balaban J connectivity index is 2.78. The Labute approximate surface area is 156 Å². The Bertz CT molecular complexity index is 1000. The van der Waals surface area contributed by atoms with Gasteiger partial charge in [-0.2, -0.15) is 0 Å². The molecule has 0 saturated heterocycles. The smallest absolute Gasteiger partial charge is 0.344 e. The molecule has 0 heterocycles. The molecule has 2 N–H and O–H groups in total. The van der Waals surface area contributed by atoms with Crippen molar-refractivity contribution in [1.82, 2.24) is 0 Å². The highest BCUT2D eigenvalue weighted by Gasteiger charge is 2.29. The number of carbonyl (C=O) groups excluding carboxylic acids is 1. The van der Waals surface area contributed by atoms with Crippen molar-refractivity contribution >= 4 is 17.4 Å². The van der Waals surface area contributed by atoms with E-state index in [1.54, 1.807) is 0 Å². The van der Waals surface area contributed by atoms with Gasteiger partial charge in [0.15, 0.2) is 11.6 Å². The minimum atomic E-state index is -1.52. The standard InChI is InChI=1S/C19H14F5NO3/c1-3-28-19(27)15(17(25)10-5-4-9(20)6-11(10)21)18(26)14-8(2)16(24)13(23)7-12(14)22/h4-7,25-26H,3H2,1-2H3. The lowest BCUT2D eigenvalue weighted by Crippen LogP contribution is -2.20. The minimum absolute atomic E-state index is 0.152. The molecular formula is C19H14F5NO3. The Morgan fingerprint density at radius 3 is 2.29 bits per heavy atom. The van der Waals surface area contributed by atoms with Crippen molar-refractivity contribution in [1.29, 1.82) is 5.41 Å². The molecule has 4 nitrogen and oxygen atoms in total. The molecule has 0 saturated carbocycles. The molecule has 2 rings (SSSR count). The van der Waals surface area contributed by atoms with Crippen molar-refractivity contribution in [3.63, 3.8) is 0 Å². The number of carbonyl (C=O) groups is 1. The Morgan fingerprint density at radius 1 is 1.07 bits per heavy atom. The molecule has 0 atom stereocenters. The highest BCUT2D eigenvalue weighted by atomic mass is 19.2. The van der Waals surface area contributed by atoms with Crippen molar-refractivity contribution in [3.8, 4) is 0 Å². The molecule has 148 valence electrons. The normalized spacial score (nSPS) is 11.8. The molecule has 9 heteroatoms. The molecular weight excluding hydrogens is 385 g/mol. The predicted octanol–water partition coefficient (Wildman–Crippen LogP) is 4.59. The van der Waals surface area contributed by atoms with Gasteiger partial charge in [0.2, 0.25) is 0 Å². The number of ether oxygens (including phenoxy) is 1. The van der Waals surface area contributed by atoms with Crippen LogP contribution in [0.3, 0.4) is 0 Å². The topological polar surface area (TPSA) is 70.4 Å². The molecule has 0 unspecified atom stereocenters. The Morgan fingerprint density at radius 2 is 1.71 bits per heavy atom. The number of halogens is 5. The first kappa shape index (κ1) is 21.1. The molecule has 0 aliphatic carbocycles. The van der Waals surface area contributed by atoms with E-state index in [1.165, 1.54) is 6.92 Å². The van der Waals surface area contributed by atoms with Crippen LogP contribution in [0.15, 0.2) is 29.8 Å². The number of aliphatic hydroxyl groups excluding tert-OH is 1. The number of rotatable bonds is 5. The molecule has 0 bridgehead atoms. The zero-order valence-electron chi connectivity index (χ0n) is 14.7. The number of aliphatic hydroxyl groups is 1. The van der Waals surface area contributed by atoms with Crippen molar-refractivity contribution in [2.24, 2.45) is 0 Å². The molecule has 0 fully saturated rings. The summed E-state index contributed by atoms with van der Waals surface area (Å²) in [5.41, 5.74) is -4.13. The van der Waals surface area contributed by atoms with Gasteiger partial charge in [-0.05, 0) is 26.0 Å². The average molecular weight is 399 g/mol. The summed E-state index contributed by atoms with van der Waals surface area (Å²) in [6.07, 6.45) is 0. The second-order valence-corrected chi connectivity index (χ2v) is 5.60. The monoisotopic (exact) mass is 399 g/mol. The lowest BCUT2D eigenvalue weighted by molar-refractivity contribution is -0.137. The van der Waals surface area contributed by atoms with Crippen molar-refractivity contribution in [2.45, 2.75) is 13.8 Å². The van der Waals surface area contributed by atoms with Gasteiger partial charge in [0.25, 0.3) is 0 Å². The van der Waals surface area contributed by atoms with E-state index >= 15 is 0 Å². The van der Waals surface area contributed by atoms with Crippen LogP contribution in [-0.4, -0.2) is 23.4 Å². The Kier molecular flexibility index (Phi) is 6.17. The summed E-state index contributed by atoms with van der Waals surface area (Å²) in [4.78, 5) is 12.3. The van der Waals surface area contributed by atoms with Crippen LogP contribution >= 0.6 is 0 Å². The fraction of sp³-hybridized carbons (Fsp3) is 0.158. The zero-order valence-corrected chi connectivity index (χ0v) is 14.7. The van der Waals surface area contributed by atoms with Crippen LogP contribution in [-0.2, 0) is 9.53 Å². The van der Waals surface area contributed by atoms with Gasteiger partial charge in [0, 0.05) is 23.3 Å². The molecule has 2 aromatic rings. The SMILES string of the molecule is CCOC(=O)C(C(=N)c1ccc(F)cc1F)=C(O)c1c(F)cc(F)c(F)c1C. The van der Waals surface area contributed by atoms with Crippen LogP contribution in [0.25, 0.3) is 5.76 Å². The van der Waals surface area contributed by atoms with E-state index in [0.29, 0.717) is 6.07 Å². The van der Waals surface area contributed by atoms with Crippen molar-refractivity contribution in [2.75, 3.05) is 6.61 Å². The largest absolute Gasteiger partial charge is 0.506 e. The summed E-state index contributed by atoms with van der Waals surface area (Å²) in [7, 11) is 0. The molecule has 0 amide bonds. The van der Waals surface area contributed by atoms with Gasteiger partial charge in [-0.1, -0.05) is 0 Å². The maximum Gasteiger partial charge on any atom is 0.344 e. The molecule has 0 radical (unpaired) electrons. The van der Waals surface area contributed by atoms with Crippen LogP contribution in [0.1, 0.15) is 23.6 Å². The number of benzene rings is 2. The van der Waals surface area contributed by atoms with Crippen LogP contribution in [0.2, 0.25) is 0 Å². The second-order valence-electron chi connectivity index (χ2n) is 5.60. The second kappa shape index (κ2) is 8.20. The van der Waals surface area contributed by atoms with Crippen molar-refractivity contribution < 1.29 is 36.6 Å². The van der Waals surface area contributed by atoms with E-state index < -0.39 is 68.8 Å². The maximum absolute atomic E-state index is 14.2. The van der Waals surface area contributed by atoms with E-state index in [0.717, 1.165) is 19.1 Å². The van der Waals surface area contributed by atoms with Crippen molar-refractivity contribution in [3.05, 3.63) is 75.6 Å².